The summed E-state index contributed by atoms with van der Waals surface area (Å²) in [4.78, 5) is 25.2. The number of hydrogen-bond donors (Lipinski definition) is 0. The van der Waals surface area contributed by atoms with Gasteiger partial charge in [-0.3, -0.25) is 9.59 Å². The Labute approximate surface area is 165 Å². The van der Waals surface area contributed by atoms with Crippen LogP contribution < -0.4 is 0 Å². The summed E-state index contributed by atoms with van der Waals surface area (Å²) >= 11 is 0. The number of carbonyl (C=O) groups excluding carboxylic acids is 2. The van der Waals surface area contributed by atoms with E-state index in [1.54, 1.807) is 0 Å². The van der Waals surface area contributed by atoms with Gasteiger partial charge in [0.1, 0.15) is 11.6 Å². The fourth-order valence-corrected chi connectivity index (χ4v) is 9.84. The Bertz CT molecular complexity index is 667. The number of fused-ring (bicyclic) bond motifs is 7. The van der Waals surface area contributed by atoms with Gasteiger partial charge in [0.15, 0.2) is 0 Å². The van der Waals surface area contributed by atoms with Crippen molar-refractivity contribution in [3.8, 4) is 0 Å². The predicted octanol–water partition coefficient (Wildman–Crippen LogP) is 5.97. The summed E-state index contributed by atoms with van der Waals surface area (Å²) in [6.45, 7) is 6.98. The summed E-state index contributed by atoms with van der Waals surface area (Å²) in [5.74, 6) is 4.66. The van der Waals surface area contributed by atoms with Crippen molar-refractivity contribution < 1.29 is 9.59 Å². The van der Waals surface area contributed by atoms with Crippen molar-refractivity contribution in [3.05, 3.63) is 0 Å². The van der Waals surface area contributed by atoms with Gasteiger partial charge in [0, 0.05) is 18.3 Å². The second kappa shape index (κ2) is 5.92. The molecule has 2 heteroatoms. The second-order valence-corrected chi connectivity index (χ2v) is 11.6. The van der Waals surface area contributed by atoms with Crippen molar-refractivity contribution in [2.24, 2.45) is 45.8 Å². The maximum absolute atomic E-state index is 13.1. The Morgan fingerprint density at radius 1 is 0.926 bits per heavy atom. The zero-order chi connectivity index (χ0) is 19.0. The van der Waals surface area contributed by atoms with Crippen molar-refractivity contribution in [1.29, 1.82) is 0 Å². The largest absolute Gasteiger partial charge is 0.300 e. The molecule has 27 heavy (non-hydrogen) atoms. The Morgan fingerprint density at radius 2 is 1.74 bits per heavy atom. The highest BCUT2D eigenvalue weighted by atomic mass is 16.1. The molecular formula is C25H38O2. The van der Waals surface area contributed by atoms with E-state index in [2.05, 4.69) is 13.8 Å². The minimum Gasteiger partial charge on any atom is -0.300 e. The summed E-state index contributed by atoms with van der Waals surface area (Å²) in [6, 6.07) is 0. The van der Waals surface area contributed by atoms with Crippen LogP contribution in [0.5, 0.6) is 0 Å². The molecule has 2 nitrogen and oxygen atoms in total. The van der Waals surface area contributed by atoms with E-state index < -0.39 is 0 Å². The van der Waals surface area contributed by atoms with Crippen LogP contribution in [0.1, 0.15) is 97.8 Å². The van der Waals surface area contributed by atoms with E-state index in [4.69, 9.17) is 0 Å². The third-order valence-electron chi connectivity index (χ3n) is 11.1. The first-order valence-electron chi connectivity index (χ1n) is 11.9. The lowest BCUT2D eigenvalue weighted by Gasteiger charge is -2.62. The molecule has 0 aromatic rings. The highest BCUT2D eigenvalue weighted by molar-refractivity contribution is 5.84. The molecule has 0 aromatic carbocycles. The van der Waals surface area contributed by atoms with Crippen molar-refractivity contribution in [3.63, 3.8) is 0 Å². The van der Waals surface area contributed by atoms with Crippen molar-refractivity contribution in [2.75, 3.05) is 0 Å². The normalized spacial score (nSPS) is 54.5. The number of carbonyl (C=O) groups is 2. The van der Waals surface area contributed by atoms with Crippen LogP contribution in [-0.2, 0) is 9.59 Å². The quantitative estimate of drug-likeness (QED) is 0.569. The molecule has 0 aromatic heterocycles. The molecule has 5 aliphatic carbocycles. The molecule has 0 spiro atoms. The first kappa shape index (κ1) is 18.4. The Balaban J connectivity index is 1.51. The molecule has 5 aliphatic rings. The minimum atomic E-state index is -0.0127. The van der Waals surface area contributed by atoms with E-state index >= 15 is 0 Å². The van der Waals surface area contributed by atoms with Gasteiger partial charge in [-0.15, -0.1) is 0 Å². The van der Waals surface area contributed by atoms with Gasteiger partial charge in [0.05, 0.1) is 0 Å². The molecule has 0 saturated heterocycles. The number of hydrogen-bond acceptors (Lipinski definition) is 2. The average Bonchev–Trinajstić information content (AvgIpc) is 2.92. The zero-order valence-electron chi connectivity index (χ0n) is 17.7. The molecule has 5 fully saturated rings. The molecule has 0 bridgehead atoms. The van der Waals surface area contributed by atoms with Crippen LogP contribution in [0.25, 0.3) is 0 Å². The number of ketones is 2. The van der Waals surface area contributed by atoms with Gasteiger partial charge >= 0.3 is 0 Å². The van der Waals surface area contributed by atoms with Crippen molar-refractivity contribution in [1.82, 2.24) is 0 Å². The van der Waals surface area contributed by atoms with Gasteiger partial charge in [-0.1, -0.05) is 26.7 Å². The van der Waals surface area contributed by atoms with Crippen molar-refractivity contribution in [2.45, 2.75) is 97.8 Å². The number of rotatable bonds is 1. The van der Waals surface area contributed by atoms with Crippen LogP contribution in [0.4, 0.5) is 0 Å². The van der Waals surface area contributed by atoms with Gasteiger partial charge in [-0.05, 0) is 98.7 Å². The minimum absolute atomic E-state index is 0.0127. The smallest absolute Gasteiger partial charge is 0.136 e. The van der Waals surface area contributed by atoms with Crippen LogP contribution >= 0.6 is 0 Å². The first-order valence-corrected chi connectivity index (χ1v) is 11.9. The van der Waals surface area contributed by atoms with Crippen LogP contribution in [0.3, 0.4) is 0 Å². The Kier molecular flexibility index (Phi) is 4.03. The predicted molar refractivity (Wildman–Crippen MR) is 107 cm³/mol. The van der Waals surface area contributed by atoms with Crippen LogP contribution in [0.15, 0.2) is 0 Å². The lowest BCUT2D eigenvalue weighted by Crippen LogP contribution is -2.56. The highest BCUT2D eigenvalue weighted by Crippen LogP contribution is 2.74. The fourth-order valence-electron chi connectivity index (χ4n) is 9.84. The third-order valence-corrected chi connectivity index (χ3v) is 11.1. The van der Waals surface area contributed by atoms with E-state index in [-0.39, 0.29) is 10.8 Å². The van der Waals surface area contributed by atoms with Gasteiger partial charge in [-0.25, -0.2) is 0 Å². The summed E-state index contributed by atoms with van der Waals surface area (Å²) in [5.41, 5.74) is 0.606. The molecule has 5 rings (SSSR count). The highest BCUT2D eigenvalue weighted by Gasteiger charge is 2.69. The average molecular weight is 371 g/mol. The van der Waals surface area contributed by atoms with Gasteiger partial charge < -0.3 is 0 Å². The summed E-state index contributed by atoms with van der Waals surface area (Å²) in [5, 5.41) is 0. The lowest BCUT2D eigenvalue weighted by molar-refractivity contribution is -0.157. The summed E-state index contributed by atoms with van der Waals surface area (Å²) in [6.07, 6.45) is 14.3. The molecule has 150 valence electrons. The fraction of sp³-hybridized carbons (Fsp3) is 0.920. The molecule has 0 aliphatic heterocycles. The molecular weight excluding hydrogens is 332 g/mol. The molecule has 8 atom stereocenters. The van der Waals surface area contributed by atoms with Crippen LogP contribution in [-0.4, -0.2) is 11.6 Å². The molecule has 0 N–H and O–H groups in total. The van der Waals surface area contributed by atoms with Crippen molar-refractivity contribution >= 4 is 11.6 Å². The second-order valence-electron chi connectivity index (χ2n) is 11.6. The topological polar surface area (TPSA) is 34.1 Å². The van der Waals surface area contributed by atoms with Crippen LogP contribution in [0, 0.1) is 45.8 Å². The first-order chi connectivity index (χ1) is 12.8. The Morgan fingerprint density at radius 3 is 2.52 bits per heavy atom. The van der Waals surface area contributed by atoms with E-state index in [0.29, 0.717) is 28.8 Å². The standard InChI is InChI=1S/C25H38O2/c1-16(26)25-11-5-4-6-18(25)15-22-20-8-7-17-14-19(27)9-12-23(17,2)21(20)10-13-24(22,25)3/h17-18,20-22H,4-15H2,1-3H3/t17-,18+,20+,21-,22-,23-,24-,25-/m0/s1. The van der Waals surface area contributed by atoms with E-state index in [1.165, 1.54) is 51.4 Å². The molecule has 5 saturated carbocycles. The third kappa shape index (κ3) is 2.19. The van der Waals surface area contributed by atoms with Gasteiger partial charge in [0.2, 0.25) is 0 Å². The van der Waals surface area contributed by atoms with E-state index in [9.17, 15) is 9.59 Å². The monoisotopic (exact) mass is 370 g/mol. The maximum atomic E-state index is 13.1. The summed E-state index contributed by atoms with van der Waals surface area (Å²) in [7, 11) is 0. The number of Topliss-reactive ketones (excluding diaryl/α,β-unsaturated/α-hetero) is 2. The molecule has 0 radical (unpaired) electrons. The van der Waals surface area contributed by atoms with Gasteiger partial charge in [0.25, 0.3) is 0 Å². The lowest BCUT2D eigenvalue weighted by atomic mass is 9.42. The molecule has 0 amide bonds. The SMILES string of the molecule is CC(=O)[C@@]12CCCC[C@@H]1C[C@H]1[C@@H]3CC[C@H]4CC(=O)CC[C@]4(C)[C@H]3CC[C@@]12C. The maximum Gasteiger partial charge on any atom is 0.136 e. The van der Waals surface area contributed by atoms with E-state index in [1.807, 2.05) is 6.92 Å². The molecule has 0 unspecified atom stereocenters. The summed E-state index contributed by atoms with van der Waals surface area (Å²) < 4.78 is 0. The van der Waals surface area contributed by atoms with Crippen LogP contribution in [0.2, 0.25) is 0 Å². The Hall–Kier alpha value is -0.660. The zero-order valence-corrected chi connectivity index (χ0v) is 17.7. The molecule has 0 heterocycles. The van der Waals surface area contributed by atoms with Gasteiger partial charge in [-0.2, -0.15) is 0 Å². The van der Waals surface area contributed by atoms with E-state index in [0.717, 1.165) is 43.4 Å².